The highest BCUT2D eigenvalue weighted by Crippen LogP contribution is 2.08. The number of ketones is 1. The van der Waals surface area contributed by atoms with Crippen LogP contribution in [0.5, 0.6) is 0 Å². The zero-order chi connectivity index (χ0) is 10.4. The molecule has 0 radical (unpaired) electrons. The first-order valence-corrected chi connectivity index (χ1v) is 4.30. The Morgan fingerprint density at radius 2 is 2.00 bits per heavy atom. The molecule has 0 aliphatic rings. The fourth-order valence-electron chi connectivity index (χ4n) is 1.12. The first-order valence-electron chi connectivity index (χ1n) is 4.30. The van der Waals surface area contributed by atoms with Crippen LogP contribution in [0, 0.1) is 4.91 Å². The van der Waals surface area contributed by atoms with Crippen LogP contribution in [0.1, 0.15) is 22.3 Å². The smallest absolute Gasteiger partial charge is 0.166 e. The van der Waals surface area contributed by atoms with Crippen molar-refractivity contribution in [3.63, 3.8) is 0 Å². The first-order chi connectivity index (χ1) is 6.77. The number of Topliss-reactive ketones (excluding diaryl/α,β-unsaturated/α-hetero) is 1. The van der Waals surface area contributed by atoms with Crippen molar-refractivity contribution in [3.05, 3.63) is 53.0 Å². The predicted octanol–water partition coefficient (Wildman–Crippen LogP) is 2.71. The van der Waals surface area contributed by atoms with Crippen molar-refractivity contribution in [2.75, 3.05) is 0 Å². The van der Waals surface area contributed by atoms with Crippen molar-refractivity contribution >= 4 is 5.78 Å². The number of carbonyl (C=O) groups is 1. The van der Waals surface area contributed by atoms with E-state index in [1.165, 1.54) is 0 Å². The van der Waals surface area contributed by atoms with Gasteiger partial charge in [-0.15, -0.1) is 6.58 Å². The molecule has 1 rings (SSSR count). The van der Waals surface area contributed by atoms with Crippen molar-refractivity contribution in [3.8, 4) is 0 Å². The molecule has 0 atom stereocenters. The monoisotopic (exact) mass is 189 g/mol. The Balaban J connectivity index is 2.76. The summed E-state index contributed by atoms with van der Waals surface area (Å²) in [5.41, 5.74) is 1.45. The molecule has 0 unspecified atom stereocenters. The summed E-state index contributed by atoms with van der Waals surface area (Å²) in [6.45, 7) is 3.64. The molecular formula is C11H11NO2. The van der Waals surface area contributed by atoms with Crippen LogP contribution >= 0.6 is 0 Å². The molecule has 0 N–H and O–H groups in total. The molecule has 0 aliphatic heterocycles. The molecule has 3 heteroatoms. The van der Waals surface area contributed by atoms with Gasteiger partial charge in [0, 0.05) is 12.0 Å². The highest BCUT2D eigenvalue weighted by atomic mass is 16.3. The van der Waals surface area contributed by atoms with Crippen molar-refractivity contribution in [1.82, 2.24) is 0 Å². The summed E-state index contributed by atoms with van der Waals surface area (Å²) in [6.07, 6.45) is 1.91. The Bertz CT molecular complexity index is 341. The van der Waals surface area contributed by atoms with Gasteiger partial charge in [-0.2, -0.15) is 4.91 Å². The molecule has 0 saturated carbocycles. The predicted molar refractivity (Wildman–Crippen MR) is 55.1 cm³/mol. The SMILES string of the molecule is C=CCC(=O)c1ccc(CN=O)cc1. The standard InChI is InChI=1S/C11H11NO2/c1-2-3-11(13)10-6-4-9(5-7-10)8-12-14/h2,4-7H,1,3,8H2. The van der Waals surface area contributed by atoms with Gasteiger partial charge in [0.25, 0.3) is 0 Å². The van der Waals surface area contributed by atoms with E-state index in [2.05, 4.69) is 11.8 Å². The Labute approximate surface area is 82.4 Å². The van der Waals surface area contributed by atoms with Gasteiger partial charge in [0.2, 0.25) is 0 Å². The summed E-state index contributed by atoms with van der Waals surface area (Å²) < 4.78 is 0. The number of nitroso groups, excluding NO2 is 1. The number of rotatable bonds is 5. The van der Waals surface area contributed by atoms with Crippen molar-refractivity contribution in [2.45, 2.75) is 13.0 Å². The number of hydrogen-bond donors (Lipinski definition) is 0. The topological polar surface area (TPSA) is 46.5 Å². The lowest BCUT2D eigenvalue weighted by atomic mass is 10.1. The van der Waals surface area contributed by atoms with Crippen LogP contribution < -0.4 is 0 Å². The van der Waals surface area contributed by atoms with Gasteiger partial charge in [0.05, 0.1) is 0 Å². The molecule has 0 spiro atoms. The zero-order valence-electron chi connectivity index (χ0n) is 7.77. The van der Waals surface area contributed by atoms with Crippen LogP contribution in [0.15, 0.2) is 42.1 Å². The quantitative estimate of drug-likeness (QED) is 0.406. The number of allylic oxidation sites excluding steroid dienone is 1. The highest BCUT2D eigenvalue weighted by molar-refractivity contribution is 5.96. The summed E-state index contributed by atoms with van der Waals surface area (Å²) in [4.78, 5) is 21.3. The minimum Gasteiger partial charge on any atom is -0.294 e. The zero-order valence-corrected chi connectivity index (χ0v) is 7.77. The molecule has 0 amide bonds. The second kappa shape index (κ2) is 5.07. The number of hydrogen-bond acceptors (Lipinski definition) is 3. The third-order valence-corrected chi connectivity index (χ3v) is 1.85. The highest BCUT2D eigenvalue weighted by Gasteiger charge is 2.02. The van der Waals surface area contributed by atoms with Gasteiger partial charge in [-0.1, -0.05) is 35.5 Å². The fraction of sp³-hybridized carbons (Fsp3) is 0.182. The summed E-state index contributed by atoms with van der Waals surface area (Å²) in [7, 11) is 0. The van der Waals surface area contributed by atoms with E-state index in [4.69, 9.17) is 0 Å². The van der Waals surface area contributed by atoms with Crippen molar-refractivity contribution < 1.29 is 4.79 Å². The molecule has 1 aromatic carbocycles. The molecule has 14 heavy (non-hydrogen) atoms. The van der Waals surface area contributed by atoms with Gasteiger partial charge in [0.15, 0.2) is 5.78 Å². The Morgan fingerprint density at radius 1 is 1.36 bits per heavy atom. The Morgan fingerprint density at radius 3 is 2.50 bits per heavy atom. The van der Waals surface area contributed by atoms with Gasteiger partial charge >= 0.3 is 0 Å². The molecule has 1 aromatic rings. The van der Waals surface area contributed by atoms with Crippen LogP contribution in [-0.4, -0.2) is 5.78 Å². The molecule has 0 saturated heterocycles. The molecule has 0 fully saturated rings. The molecular weight excluding hydrogens is 178 g/mol. The van der Waals surface area contributed by atoms with Gasteiger partial charge in [0.1, 0.15) is 6.54 Å². The van der Waals surface area contributed by atoms with Crippen LogP contribution in [0.3, 0.4) is 0 Å². The van der Waals surface area contributed by atoms with E-state index < -0.39 is 0 Å². The molecule has 0 bridgehead atoms. The number of carbonyl (C=O) groups excluding carboxylic acids is 1. The molecule has 0 aliphatic carbocycles. The fourth-order valence-corrected chi connectivity index (χ4v) is 1.12. The lowest BCUT2D eigenvalue weighted by Gasteiger charge is -1.98. The largest absolute Gasteiger partial charge is 0.294 e. The van der Waals surface area contributed by atoms with Crippen LogP contribution in [0.4, 0.5) is 0 Å². The van der Waals surface area contributed by atoms with Gasteiger partial charge in [-0.25, -0.2) is 0 Å². The minimum atomic E-state index is 0.0330. The van der Waals surface area contributed by atoms with E-state index in [0.29, 0.717) is 12.0 Å². The summed E-state index contributed by atoms with van der Waals surface area (Å²) in [5, 5.41) is 2.77. The average molecular weight is 189 g/mol. The Hall–Kier alpha value is -1.77. The third kappa shape index (κ3) is 2.62. The second-order valence-corrected chi connectivity index (χ2v) is 2.90. The van der Waals surface area contributed by atoms with E-state index in [1.54, 1.807) is 30.3 Å². The van der Waals surface area contributed by atoms with Crippen LogP contribution in [0.2, 0.25) is 0 Å². The lowest BCUT2D eigenvalue weighted by Crippen LogP contribution is -1.96. The van der Waals surface area contributed by atoms with E-state index in [9.17, 15) is 9.70 Å². The lowest BCUT2D eigenvalue weighted by molar-refractivity contribution is 0.0996. The molecule has 0 aromatic heterocycles. The minimum absolute atomic E-state index is 0.0330. The molecule has 72 valence electrons. The van der Waals surface area contributed by atoms with Crippen LogP contribution in [0.25, 0.3) is 0 Å². The summed E-state index contributed by atoms with van der Waals surface area (Å²) >= 11 is 0. The van der Waals surface area contributed by atoms with Gasteiger partial charge in [-0.05, 0) is 5.56 Å². The van der Waals surface area contributed by atoms with Gasteiger partial charge < -0.3 is 0 Å². The van der Waals surface area contributed by atoms with Crippen LogP contribution in [-0.2, 0) is 6.54 Å². The maximum atomic E-state index is 11.4. The maximum Gasteiger partial charge on any atom is 0.166 e. The molecule has 0 heterocycles. The maximum absolute atomic E-state index is 11.4. The van der Waals surface area contributed by atoms with Crippen molar-refractivity contribution in [1.29, 1.82) is 0 Å². The Kier molecular flexibility index (Phi) is 3.73. The van der Waals surface area contributed by atoms with Crippen molar-refractivity contribution in [2.24, 2.45) is 5.18 Å². The summed E-state index contributed by atoms with van der Waals surface area (Å²) in [5.74, 6) is 0.0330. The van der Waals surface area contributed by atoms with Gasteiger partial charge in [-0.3, -0.25) is 4.79 Å². The van der Waals surface area contributed by atoms with E-state index in [0.717, 1.165) is 5.56 Å². The third-order valence-electron chi connectivity index (χ3n) is 1.85. The number of nitrogens with zero attached hydrogens (tertiary/aromatic N) is 1. The van der Waals surface area contributed by atoms with E-state index in [-0.39, 0.29) is 12.3 Å². The average Bonchev–Trinajstić information content (AvgIpc) is 2.20. The normalized spacial score (nSPS) is 9.43. The molecule has 3 nitrogen and oxygen atoms in total. The number of benzene rings is 1. The first kappa shape index (κ1) is 10.3. The second-order valence-electron chi connectivity index (χ2n) is 2.90. The summed E-state index contributed by atoms with van der Waals surface area (Å²) in [6, 6.07) is 6.87. The van der Waals surface area contributed by atoms with E-state index in [1.807, 2.05) is 0 Å². The van der Waals surface area contributed by atoms with E-state index >= 15 is 0 Å².